The molecule has 5 heteroatoms. The number of hydrogen-bond acceptors (Lipinski definition) is 5. The van der Waals surface area contributed by atoms with E-state index in [9.17, 15) is 4.79 Å². The van der Waals surface area contributed by atoms with Gasteiger partial charge in [0.1, 0.15) is 12.3 Å². The molecule has 2 saturated heterocycles. The fraction of sp³-hybridized carbons (Fsp3) is 0.917. The summed E-state index contributed by atoms with van der Waals surface area (Å²) in [6.07, 6.45) is 0.412. The molecular weight excluding hydrogens is 222 g/mol. The van der Waals surface area contributed by atoms with Crippen LogP contribution < -0.4 is 5.32 Å². The van der Waals surface area contributed by atoms with Gasteiger partial charge in [0.05, 0.1) is 12.1 Å². The number of carbonyl (C=O) groups is 1. The van der Waals surface area contributed by atoms with Gasteiger partial charge in [-0.15, -0.1) is 0 Å². The summed E-state index contributed by atoms with van der Waals surface area (Å²) in [6, 6.07) is -0.0632. The lowest BCUT2D eigenvalue weighted by molar-refractivity contribution is -0.228. The molecule has 4 unspecified atom stereocenters. The van der Waals surface area contributed by atoms with Gasteiger partial charge in [-0.3, -0.25) is 10.1 Å². The number of hydrogen-bond donors (Lipinski definition) is 1. The quantitative estimate of drug-likeness (QED) is 0.734. The fourth-order valence-electron chi connectivity index (χ4n) is 2.72. The van der Waals surface area contributed by atoms with Crippen molar-refractivity contribution in [2.45, 2.75) is 64.9 Å². The first-order valence-corrected chi connectivity index (χ1v) is 6.27. The molecule has 0 spiro atoms. The zero-order chi connectivity index (χ0) is 12.6. The van der Waals surface area contributed by atoms with Crippen molar-refractivity contribution in [3.05, 3.63) is 0 Å². The minimum Gasteiger partial charge on any atom is -0.460 e. The molecule has 0 bridgehead atoms. The Balaban J connectivity index is 2.15. The predicted octanol–water partition coefficient (Wildman–Crippen LogP) is 1.02. The van der Waals surface area contributed by atoms with E-state index >= 15 is 0 Å². The monoisotopic (exact) mass is 243 g/mol. The average Bonchev–Trinajstić information content (AvgIpc) is 2.62. The first-order chi connectivity index (χ1) is 8.02. The molecule has 2 aliphatic heterocycles. The van der Waals surface area contributed by atoms with Crippen LogP contribution in [-0.2, 0) is 19.0 Å². The minimum atomic E-state index is -0.310. The Morgan fingerprint density at radius 2 is 2.06 bits per heavy atom. The van der Waals surface area contributed by atoms with Crippen LogP contribution in [0.2, 0.25) is 0 Å². The van der Waals surface area contributed by atoms with E-state index in [1.54, 1.807) is 0 Å². The van der Waals surface area contributed by atoms with Gasteiger partial charge in [-0.2, -0.15) is 0 Å². The van der Waals surface area contributed by atoms with Crippen molar-refractivity contribution in [1.29, 1.82) is 0 Å². The maximum Gasteiger partial charge on any atom is 0.302 e. The van der Waals surface area contributed by atoms with Gasteiger partial charge in [0, 0.05) is 12.8 Å². The van der Waals surface area contributed by atoms with Gasteiger partial charge >= 0.3 is 5.97 Å². The molecule has 1 N–H and O–H groups in total. The molecule has 0 aromatic carbocycles. The molecule has 2 heterocycles. The molecule has 2 fully saturated rings. The van der Waals surface area contributed by atoms with Crippen LogP contribution in [0, 0.1) is 5.92 Å². The van der Waals surface area contributed by atoms with Gasteiger partial charge in [0.25, 0.3) is 0 Å². The van der Waals surface area contributed by atoms with Crippen LogP contribution >= 0.6 is 0 Å². The van der Waals surface area contributed by atoms with E-state index in [1.807, 2.05) is 6.92 Å². The molecule has 6 atom stereocenters. The Morgan fingerprint density at radius 3 is 2.65 bits per heavy atom. The number of carbonyl (C=O) groups excluding carboxylic acids is 1. The van der Waals surface area contributed by atoms with Gasteiger partial charge in [-0.1, -0.05) is 13.8 Å². The third-order valence-electron chi connectivity index (χ3n) is 3.53. The highest BCUT2D eigenvalue weighted by molar-refractivity contribution is 5.66. The third kappa shape index (κ3) is 2.46. The second-order valence-corrected chi connectivity index (χ2v) is 4.86. The summed E-state index contributed by atoms with van der Waals surface area (Å²) in [5, 5.41) is 3.26. The van der Waals surface area contributed by atoms with Crippen LogP contribution in [0.25, 0.3) is 0 Å². The molecule has 98 valence electrons. The summed E-state index contributed by atoms with van der Waals surface area (Å²) in [5.74, 6) is -0.0785. The van der Waals surface area contributed by atoms with E-state index in [2.05, 4.69) is 19.2 Å². The van der Waals surface area contributed by atoms with E-state index in [1.165, 1.54) is 6.92 Å². The van der Waals surface area contributed by atoms with E-state index in [-0.39, 0.29) is 42.7 Å². The molecule has 0 saturated carbocycles. The zero-order valence-corrected chi connectivity index (χ0v) is 10.8. The topological polar surface area (TPSA) is 56.8 Å². The molecule has 17 heavy (non-hydrogen) atoms. The third-order valence-corrected chi connectivity index (χ3v) is 3.53. The highest BCUT2D eigenvalue weighted by Gasteiger charge is 2.49. The van der Waals surface area contributed by atoms with Crippen molar-refractivity contribution in [3.63, 3.8) is 0 Å². The molecule has 0 aromatic heterocycles. The second kappa shape index (κ2) is 4.92. The Hall–Kier alpha value is -0.650. The van der Waals surface area contributed by atoms with Crippen LogP contribution in [0.15, 0.2) is 0 Å². The summed E-state index contributed by atoms with van der Waals surface area (Å²) in [7, 11) is 0. The number of esters is 1. The van der Waals surface area contributed by atoms with Crippen LogP contribution in [0.3, 0.4) is 0 Å². The summed E-state index contributed by atoms with van der Waals surface area (Å²) in [4.78, 5) is 11.2. The van der Waals surface area contributed by atoms with Crippen LogP contribution in [0.1, 0.15) is 34.1 Å². The lowest BCUT2D eigenvalue weighted by atomic mass is 9.88. The number of rotatable bonds is 2. The first kappa shape index (κ1) is 12.8. The number of ether oxygens (including phenoxy) is 3. The largest absolute Gasteiger partial charge is 0.460 e. The van der Waals surface area contributed by atoms with Gasteiger partial charge in [-0.25, -0.2) is 0 Å². The van der Waals surface area contributed by atoms with Crippen LogP contribution in [0.5, 0.6) is 0 Å². The maximum absolute atomic E-state index is 11.2. The smallest absolute Gasteiger partial charge is 0.302 e. The maximum atomic E-state index is 11.2. The summed E-state index contributed by atoms with van der Waals surface area (Å²) in [5.41, 5.74) is 0. The SMILES string of the molecule is CCC1O[C@@H]2OC(C)NC2C(OC(C)=O)[C@H]1C. The number of nitrogens with one attached hydrogen (secondary N) is 1. The van der Waals surface area contributed by atoms with E-state index in [4.69, 9.17) is 14.2 Å². The number of fused-ring (bicyclic) bond motifs is 1. The normalized spacial score (nSPS) is 45.4. The Kier molecular flexibility index (Phi) is 3.70. The highest BCUT2D eigenvalue weighted by atomic mass is 16.7. The van der Waals surface area contributed by atoms with Crippen LogP contribution in [0.4, 0.5) is 0 Å². The van der Waals surface area contributed by atoms with Gasteiger partial charge in [-0.05, 0) is 13.3 Å². The molecule has 0 radical (unpaired) electrons. The molecule has 0 aliphatic carbocycles. The highest BCUT2D eigenvalue weighted by Crippen LogP contribution is 2.33. The van der Waals surface area contributed by atoms with E-state index < -0.39 is 0 Å². The molecule has 5 nitrogen and oxygen atoms in total. The van der Waals surface area contributed by atoms with Crippen LogP contribution in [-0.4, -0.2) is 36.7 Å². The molecule has 2 aliphatic rings. The molecule has 0 amide bonds. The molecular formula is C12H21NO4. The lowest BCUT2D eigenvalue weighted by Gasteiger charge is -2.41. The Labute approximate surface area is 102 Å². The van der Waals surface area contributed by atoms with Crippen molar-refractivity contribution >= 4 is 5.97 Å². The van der Waals surface area contributed by atoms with Crippen molar-refractivity contribution in [2.75, 3.05) is 0 Å². The summed E-state index contributed by atoms with van der Waals surface area (Å²) in [6.45, 7) is 7.50. The fourth-order valence-corrected chi connectivity index (χ4v) is 2.72. The Morgan fingerprint density at radius 1 is 1.35 bits per heavy atom. The predicted molar refractivity (Wildman–Crippen MR) is 61.1 cm³/mol. The zero-order valence-electron chi connectivity index (χ0n) is 10.8. The van der Waals surface area contributed by atoms with E-state index in [0.717, 1.165) is 6.42 Å². The van der Waals surface area contributed by atoms with Crippen molar-refractivity contribution in [3.8, 4) is 0 Å². The lowest BCUT2D eigenvalue weighted by Crippen LogP contribution is -2.57. The summed E-state index contributed by atoms with van der Waals surface area (Å²) < 4.78 is 16.9. The average molecular weight is 243 g/mol. The standard InChI is InChI=1S/C12H21NO4/c1-5-9-6(2)11(16-8(4)14)10-12(17-9)15-7(3)13-10/h6-7,9-13H,5H2,1-4H3/t6-,7?,9?,10?,11?,12-/m0/s1. The van der Waals surface area contributed by atoms with Gasteiger partial charge < -0.3 is 14.2 Å². The van der Waals surface area contributed by atoms with Gasteiger partial charge in [0.15, 0.2) is 6.29 Å². The first-order valence-electron chi connectivity index (χ1n) is 6.27. The second-order valence-electron chi connectivity index (χ2n) is 4.86. The summed E-state index contributed by atoms with van der Waals surface area (Å²) >= 11 is 0. The van der Waals surface area contributed by atoms with Crippen molar-refractivity contribution < 1.29 is 19.0 Å². The molecule has 2 rings (SSSR count). The van der Waals surface area contributed by atoms with E-state index in [0.29, 0.717) is 0 Å². The Bertz CT molecular complexity index is 296. The minimum absolute atomic E-state index is 0.0632. The van der Waals surface area contributed by atoms with Crippen molar-refractivity contribution in [2.24, 2.45) is 5.92 Å². The van der Waals surface area contributed by atoms with Gasteiger partial charge in [0.2, 0.25) is 0 Å². The van der Waals surface area contributed by atoms with Crippen molar-refractivity contribution in [1.82, 2.24) is 5.32 Å². The molecule has 0 aromatic rings.